The Morgan fingerprint density at radius 1 is 1.04 bits per heavy atom. The lowest BCUT2D eigenvalue weighted by Crippen LogP contribution is -2.42. The molecule has 2 amide bonds. The normalized spacial score (nSPS) is 11.6. The van der Waals surface area contributed by atoms with Gasteiger partial charge in [-0.1, -0.05) is 12.1 Å². The number of hydrogen-bond acceptors (Lipinski definition) is 4. The number of nitrogens with zero attached hydrogens (tertiary/aromatic N) is 2. The SMILES string of the molecule is CCNC(=NCc1ccc(C(=O)N(C)C)cc1)NCCNC(=O)OC(C)(C)C. The van der Waals surface area contributed by atoms with Crippen LogP contribution in [0.25, 0.3) is 0 Å². The van der Waals surface area contributed by atoms with Crippen molar-refractivity contribution in [3.05, 3.63) is 35.4 Å². The summed E-state index contributed by atoms with van der Waals surface area (Å²) in [5.74, 6) is 0.629. The maximum absolute atomic E-state index is 11.9. The van der Waals surface area contributed by atoms with Gasteiger partial charge in [0.1, 0.15) is 5.60 Å². The highest BCUT2D eigenvalue weighted by atomic mass is 16.6. The monoisotopic (exact) mass is 391 g/mol. The van der Waals surface area contributed by atoms with Crippen molar-refractivity contribution in [2.75, 3.05) is 33.7 Å². The molecule has 0 atom stereocenters. The molecule has 0 saturated heterocycles. The molecule has 0 spiro atoms. The van der Waals surface area contributed by atoms with E-state index in [9.17, 15) is 9.59 Å². The number of guanidine groups is 1. The number of ether oxygens (including phenoxy) is 1. The first-order valence-electron chi connectivity index (χ1n) is 9.42. The second kappa shape index (κ2) is 11.2. The molecule has 156 valence electrons. The molecule has 3 N–H and O–H groups in total. The summed E-state index contributed by atoms with van der Waals surface area (Å²) in [6, 6.07) is 7.40. The number of alkyl carbamates (subject to hydrolysis) is 1. The van der Waals surface area contributed by atoms with Crippen molar-refractivity contribution in [3.63, 3.8) is 0 Å². The first-order valence-corrected chi connectivity index (χ1v) is 9.42. The summed E-state index contributed by atoms with van der Waals surface area (Å²) in [5, 5.41) is 9.01. The van der Waals surface area contributed by atoms with Crippen molar-refractivity contribution in [1.29, 1.82) is 0 Å². The van der Waals surface area contributed by atoms with E-state index < -0.39 is 11.7 Å². The molecule has 0 fully saturated rings. The van der Waals surface area contributed by atoms with E-state index in [2.05, 4.69) is 20.9 Å². The maximum Gasteiger partial charge on any atom is 0.407 e. The molecule has 0 unspecified atom stereocenters. The zero-order valence-corrected chi connectivity index (χ0v) is 17.8. The number of nitrogens with one attached hydrogen (secondary N) is 3. The highest BCUT2D eigenvalue weighted by molar-refractivity contribution is 5.93. The van der Waals surface area contributed by atoms with Gasteiger partial charge in [-0.15, -0.1) is 0 Å². The Balaban J connectivity index is 2.51. The minimum atomic E-state index is -0.513. The summed E-state index contributed by atoms with van der Waals surface area (Å²) >= 11 is 0. The van der Waals surface area contributed by atoms with Crippen molar-refractivity contribution in [3.8, 4) is 0 Å². The van der Waals surface area contributed by atoms with E-state index in [1.807, 2.05) is 39.8 Å². The van der Waals surface area contributed by atoms with Crippen LogP contribution in [-0.4, -0.2) is 62.2 Å². The van der Waals surface area contributed by atoms with Crippen LogP contribution < -0.4 is 16.0 Å². The number of rotatable bonds is 7. The van der Waals surface area contributed by atoms with Crippen LogP contribution in [0, 0.1) is 0 Å². The second-order valence-corrected chi connectivity index (χ2v) is 7.45. The summed E-state index contributed by atoms with van der Waals surface area (Å²) in [6.07, 6.45) is -0.441. The number of amides is 2. The Bertz CT molecular complexity index is 663. The van der Waals surface area contributed by atoms with E-state index in [1.165, 1.54) is 0 Å². The van der Waals surface area contributed by atoms with Crippen LogP contribution in [0.5, 0.6) is 0 Å². The number of carbonyl (C=O) groups excluding carboxylic acids is 2. The number of carbonyl (C=O) groups is 2. The smallest absolute Gasteiger partial charge is 0.407 e. The molecule has 0 aliphatic heterocycles. The van der Waals surface area contributed by atoms with Crippen LogP contribution in [0.4, 0.5) is 4.79 Å². The van der Waals surface area contributed by atoms with Crippen LogP contribution in [0.2, 0.25) is 0 Å². The fourth-order valence-electron chi connectivity index (χ4n) is 2.18. The van der Waals surface area contributed by atoms with Gasteiger partial charge in [0, 0.05) is 39.3 Å². The van der Waals surface area contributed by atoms with Crippen LogP contribution in [0.15, 0.2) is 29.3 Å². The summed E-state index contributed by atoms with van der Waals surface area (Å²) in [5.41, 5.74) is 1.14. The lowest BCUT2D eigenvalue weighted by atomic mass is 10.1. The average molecular weight is 392 g/mol. The fraction of sp³-hybridized carbons (Fsp3) is 0.550. The summed E-state index contributed by atoms with van der Waals surface area (Å²) in [4.78, 5) is 29.6. The third-order valence-electron chi connectivity index (χ3n) is 3.46. The quantitative estimate of drug-likeness (QED) is 0.375. The molecule has 8 heteroatoms. The first-order chi connectivity index (χ1) is 13.1. The van der Waals surface area contributed by atoms with Crippen molar-refractivity contribution < 1.29 is 14.3 Å². The minimum Gasteiger partial charge on any atom is -0.444 e. The zero-order chi connectivity index (χ0) is 21.2. The summed E-state index contributed by atoms with van der Waals surface area (Å²) < 4.78 is 5.19. The highest BCUT2D eigenvalue weighted by Gasteiger charge is 2.15. The van der Waals surface area contributed by atoms with Gasteiger partial charge in [-0.2, -0.15) is 0 Å². The van der Waals surface area contributed by atoms with Crippen LogP contribution in [0.3, 0.4) is 0 Å². The fourth-order valence-corrected chi connectivity index (χ4v) is 2.18. The Labute approximate surface area is 167 Å². The van der Waals surface area contributed by atoms with Gasteiger partial charge in [0.2, 0.25) is 0 Å². The third-order valence-corrected chi connectivity index (χ3v) is 3.46. The number of aliphatic imine (C=N–C) groups is 1. The molecular formula is C20H33N5O3. The number of benzene rings is 1. The predicted octanol–water partition coefficient (Wildman–Crippen LogP) is 1.97. The molecule has 0 aliphatic rings. The molecule has 0 radical (unpaired) electrons. The van der Waals surface area contributed by atoms with E-state index in [0.717, 1.165) is 12.1 Å². The molecule has 0 aromatic heterocycles. The lowest BCUT2D eigenvalue weighted by Gasteiger charge is -2.19. The first kappa shape index (κ1) is 23.3. The zero-order valence-electron chi connectivity index (χ0n) is 17.8. The maximum atomic E-state index is 11.9. The molecule has 0 aliphatic carbocycles. The third kappa shape index (κ3) is 9.25. The van der Waals surface area contributed by atoms with Crippen molar-refractivity contribution in [2.45, 2.75) is 39.8 Å². The second-order valence-electron chi connectivity index (χ2n) is 7.45. The molecule has 0 heterocycles. The van der Waals surface area contributed by atoms with Gasteiger partial charge in [0.15, 0.2) is 5.96 Å². The molecule has 1 rings (SSSR count). The van der Waals surface area contributed by atoms with Crippen LogP contribution in [0.1, 0.15) is 43.6 Å². The van der Waals surface area contributed by atoms with Gasteiger partial charge in [-0.05, 0) is 45.4 Å². The largest absolute Gasteiger partial charge is 0.444 e. The minimum absolute atomic E-state index is 0.0254. The lowest BCUT2D eigenvalue weighted by molar-refractivity contribution is 0.0528. The number of hydrogen-bond donors (Lipinski definition) is 3. The Kier molecular flexibility index (Phi) is 9.27. The van der Waals surface area contributed by atoms with Gasteiger partial charge in [0.05, 0.1) is 6.54 Å². The van der Waals surface area contributed by atoms with Gasteiger partial charge in [0.25, 0.3) is 5.91 Å². The molecule has 0 saturated carbocycles. The molecule has 1 aromatic rings. The summed E-state index contributed by atoms with van der Waals surface area (Å²) in [7, 11) is 3.46. The van der Waals surface area contributed by atoms with E-state index in [-0.39, 0.29) is 5.91 Å². The van der Waals surface area contributed by atoms with E-state index in [0.29, 0.717) is 31.2 Å². The van der Waals surface area contributed by atoms with Gasteiger partial charge < -0.3 is 25.6 Å². The average Bonchev–Trinajstić information content (AvgIpc) is 2.61. The molecular weight excluding hydrogens is 358 g/mol. The van der Waals surface area contributed by atoms with E-state index in [4.69, 9.17) is 4.74 Å². The van der Waals surface area contributed by atoms with Gasteiger partial charge >= 0.3 is 6.09 Å². The summed E-state index contributed by atoms with van der Waals surface area (Å²) in [6.45, 7) is 9.59. The highest BCUT2D eigenvalue weighted by Crippen LogP contribution is 2.08. The molecule has 28 heavy (non-hydrogen) atoms. The Morgan fingerprint density at radius 3 is 2.18 bits per heavy atom. The van der Waals surface area contributed by atoms with Crippen LogP contribution >= 0.6 is 0 Å². The van der Waals surface area contributed by atoms with Crippen LogP contribution in [-0.2, 0) is 11.3 Å². The topological polar surface area (TPSA) is 95.1 Å². The van der Waals surface area contributed by atoms with E-state index >= 15 is 0 Å². The molecule has 8 nitrogen and oxygen atoms in total. The van der Waals surface area contributed by atoms with Gasteiger partial charge in [-0.25, -0.2) is 9.79 Å². The standard InChI is InChI=1S/C20H33N5O3/c1-7-21-18(22-12-13-23-19(27)28-20(2,3)4)24-14-15-8-10-16(11-9-15)17(26)25(5)6/h8-11H,7,12-14H2,1-6H3,(H,23,27)(H2,21,22,24). The van der Waals surface area contributed by atoms with Crippen molar-refractivity contribution in [2.24, 2.45) is 4.99 Å². The Hall–Kier alpha value is -2.77. The molecule has 1 aromatic carbocycles. The van der Waals surface area contributed by atoms with Gasteiger partial charge in [-0.3, -0.25) is 4.79 Å². The van der Waals surface area contributed by atoms with Crippen molar-refractivity contribution in [1.82, 2.24) is 20.9 Å². The molecule has 0 bridgehead atoms. The Morgan fingerprint density at radius 2 is 1.64 bits per heavy atom. The predicted molar refractivity (Wildman–Crippen MR) is 112 cm³/mol. The van der Waals surface area contributed by atoms with Crippen molar-refractivity contribution >= 4 is 18.0 Å². The van der Waals surface area contributed by atoms with E-state index in [1.54, 1.807) is 31.1 Å².